The topological polar surface area (TPSA) is 53.2 Å². The number of methoxy groups -OCH3 is 1. The molecule has 0 bridgehead atoms. The molecule has 0 aliphatic carbocycles. The number of nitrogens with zero attached hydrogens (tertiary/aromatic N) is 2. The summed E-state index contributed by atoms with van der Waals surface area (Å²) in [5.74, 6) is 0. The Labute approximate surface area is 158 Å². The molecule has 0 saturated carbocycles. The summed E-state index contributed by atoms with van der Waals surface area (Å²) in [5.41, 5.74) is 2.91. The van der Waals surface area contributed by atoms with Gasteiger partial charge in [0.2, 0.25) is 0 Å². The number of hydrogen-bond acceptors (Lipinski definition) is 5. The molecule has 1 atom stereocenters. The lowest BCUT2D eigenvalue weighted by Gasteiger charge is -2.30. The molecular formula is C18H27ClN4OS. The second kappa shape index (κ2) is 7.74. The van der Waals surface area contributed by atoms with Gasteiger partial charge in [-0.15, -0.1) is 0 Å². The van der Waals surface area contributed by atoms with E-state index >= 15 is 0 Å². The molecule has 1 saturated heterocycles. The van der Waals surface area contributed by atoms with Gasteiger partial charge in [0.1, 0.15) is 0 Å². The van der Waals surface area contributed by atoms with Crippen molar-refractivity contribution in [1.82, 2.24) is 15.3 Å². The predicted octanol–water partition coefficient (Wildman–Crippen LogP) is 3.92. The van der Waals surface area contributed by atoms with Gasteiger partial charge in [0.05, 0.1) is 27.3 Å². The van der Waals surface area contributed by atoms with Crippen LogP contribution in [0, 0.1) is 0 Å². The van der Waals surface area contributed by atoms with Crippen LogP contribution in [0.15, 0.2) is 17.3 Å². The van der Waals surface area contributed by atoms with Crippen LogP contribution in [0.25, 0.3) is 11.0 Å². The lowest BCUT2D eigenvalue weighted by Crippen LogP contribution is -2.43. The normalized spacial score (nSPS) is 17.2. The molecule has 7 heteroatoms. The Morgan fingerprint density at radius 2 is 2.08 bits per heavy atom. The third kappa shape index (κ3) is 4.61. The first-order valence-corrected chi connectivity index (χ1v) is 10.0. The van der Waals surface area contributed by atoms with Gasteiger partial charge in [0, 0.05) is 38.5 Å². The van der Waals surface area contributed by atoms with Crippen molar-refractivity contribution in [2.45, 2.75) is 43.2 Å². The van der Waals surface area contributed by atoms with Crippen molar-refractivity contribution in [3.8, 4) is 0 Å². The highest BCUT2D eigenvalue weighted by molar-refractivity contribution is 7.99. The van der Waals surface area contributed by atoms with E-state index in [4.69, 9.17) is 21.3 Å². The number of hydrogen-bond donors (Lipinski definition) is 2. The van der Waals surface area contributed by atoms with E-state index in [1.165, 1.54) is 0 Å². The van der Waals surface area contributed by atoms with E-state index in [9.17, 15) is 0 Å². The zero-order valence-corrected chi connectivity index (χ0v) is 16.9. The zero-order valence-electron chi connectivity index (χ0n) is 15.4. The number of ether oxygens (including phenoxy) is 1. The monoisotopic (exact) mass is 382 g/mol. The number of halogens is 1. The molecule has 0 radical (unpaired) electrons. The van der Waals surface area contributed by atoms with E-state index in [1.807, 2.05) is 6.07 Å². The fourth-order valence-electron chi connectivity index (χ4n) is 3.21. The molecule has 3 rings (SSSR count). The molecule has 1 aromatic carbocycles. The average Bonchev–Trinajstić information content (AvgIpc) is 2.95. The average molecular weight is 383 g/mol. The molecule has 1 aliphatic rings. The number of rotatable bonds is 6. The minimum absolute atomic E-state index is 0.128. The number of nitrogens with one attached hydrogen (secondary N) is 2. The Morgan fingerprint density at radius 1 is 1.36 bits per heavy atom. The van der Waals surface area contributed by atoms with Crippen LogP contribution in [0.1, 0.15) is 27.2 Å². The summed E-state index contributed by atoms with van der Waals surface area (Å²) >= 11 is 8.27. The zero-order chi connectivity index (χ0) is 18.0. The Hall–Kier alpha value is -0.950. The van der Waals surface area contributed by atoms with Crippen molar-refractivity contribution in [1.29, 1.82) is 0 Å². The molecule has 25 heavy (non-hydrogen) atoms. The Balaban J connectivity index is 1.78. The van der Waals surface area contributed by atoms with E-state index in [0.29, 0.717) is 5.25 Å². The largest absolute Gasteiger partial charge is 0.379 e. The Morgan fingerprint density at radius 3 is 2.76 bits per heavy atom. The Bertz CT molecular complexity index is 727. The number of H-pyrrole nitrogens is 1. The second-order valence-electron chi connectivity index (χ2n) is 7.20. The highest BCUT2D eigenvalue weighted by atomic mass is 35.5. The smallest absolute Gasteiger partial charge is 0.166 e. The molecule has 2 heterocycles. The van der Waals surface area contributed by atoms with Crippen LogP contribution in [0.4, 0.5) is 5.69 Å². The SMILES string of the molecule is COC(C)(C)CC(C)Sc1nc2cc(N3CCNCC3)c(Cl)cc2[nH]1. The first-order valence-electron chi connectivity index (χ1n) is 8.75. The number of thioether (sulfide) groups is 1. The minimum Gasteiger partial charge on any atom is -0.379 e. The Kier molecular flexibility index (Phi) is 5.83. The molecule has 2 N–H and O–H groups in total. The van der Waals surface area contributed by atoms with Gasteiger partial charge in [-0.05, 0) is 32.4 Å². The minimum atomic E-state index is -0.128. The quantitative estimate of drug-likeness (QED) is 0.741. The van der Waals surface area contributed by atoms with Gasteiger partial charge in [0.15, 0.2) is 5.16 Å². The lowest BCUT2D eigenvalue weighted by molar-refractivity contribution is 0.0162. The number of aromatic amines is 1. The summed E-state index contributed by atoms with van der Waals surface area (Å²) in [6, 6.07) is 4.10. The van der Waals surface area contributed by atoms with Crippen LogP contribution in [-0.4, -0.2) is 54.1 Å². The molecule has 1 fully saturated rings. The van der Waals surface area contributed by atoms with Gasteiger partial charge in [-0.2, -0.15) is 0 Å². The second-order valence-corrected chi connectivity index (χ2v) is 9.03. The van der Waals surface area contributed by atoms with Crippen LogP contribution in [0.5, 0.6) is 0 Å². The molecule has 1 unspecified atom stereocenters. The molecule has 5 nitrogen and oxygen atoms in total. The van der Waals surface area contributed by atoms with E-state index in [0.717, 1.165) is 59.5 Å². The number of benzene rings is 1. The summed E-state index contributed by atoms with van der Waals surface area (Å²) in [5, 5.41) is 5.49. The van der Waals surface area contributed by atoms with Crippen molar-refractivity contribution in [2.75, 3.05) is 38.2 Å². The van der Waals surface area contributed by atoms with Crippen LogP contribution in [-0.2, 0) is 4.74 Å². The van der Waals surface area contributed by atoms with Gasteiger partial charge in [-0.3, -0.25) is 0 Å². The van der Waals surface area contributed by atoms with E-state index < -0.39 is 0 Å². The lowest BCUT2D eigenvalue weighted by atomic mass is 10.0. The molecule has 0 amide bonds. The van der Waals surface area contributed by atoms with Gasteiger partial charge in [-0.25, -0.2) is 4.98 Å². The van der Waals surface area contributed by atoms with Crippen LogP contribution in [0.2, 0.25) is 5.02 Å². The molecule has 2 aromatic rings. The van der Waals surface area contributed by atoms with Gasteiger partial charge in [-0.1, -0.05) is 30.3 Å². The maximum atomic E-state index is 6.52. The summed E-state index contributed by atoms with van der Waals surface area (Å²) < 4.78 is 5.53. The third-order valence-electron chi connectivity index (χ3n) is 4.63. The number of aromatic nitrogens is 2. The van der Waals surface area contributed by atoms with Crippen molar-refractivity contribution >= 4 is 40.1 Å². The van der Waals surface area contributed by atoms with Crippen LogP contribution < -0.4 is 10.2 Å². The third-order valence-corrected chi connectivity index (χ3v) is 5.92. The first-order chi connectivity index (χ1) is 11.9. The molecule has 138 valence electrons. The van der Waals surface area contributed by atoms with Gasteiger partial charge < -0.3 is 19.9 Å². The first kappa shape index (κ1) is 18.8. The standard InChI is InChI=1S/C18H27ClN4OS/c1-12(11-18(2,3)24-4)25-17-21-14-9-13(19)16(10-15(14)22-17)23-7-5-20-6-8-23/h9-10,12,20H,5-8,11H2,1-4H3,(H,21,22). The fraction of sp³-hybridized carbons (Fsp3) is 0.611. The van der Waals surface area contributed by atoms with Gasteiger partial charge >= 0.3 is 0 Å². The predicted molar refractivity (Wildman–Crippen MR) is 107 cm³/mol. The highest BCUT2D eigenvalue weighted by Crippen LogP contribution is 2.33. The molecular weight excluding hydrogens is 356 g/mol. The fourth-order valence-corrected chi connectivity index (χ4v) is 4.68. The summed E-state index contributed by atoms with van der Waals surface area (Å²) in [7, 11) is 1.76. The van der Waals surface area contributed by atoms with Crippen molar-refractivity contribution < 1.29 is 4.74 Å². The number of anilines is 1. The van der Waals surface area contributed by atoms with Crippen molar-refractivity contribution in [3.05, 3.63) is 17.2 Å². The number of fused-ring (bicyclic) bond motifs is 1. The van der Waals surface area contributed by atoms with E-state index in [-0.39, 0.29) is 5.60 Å². The van der Waals surface area contributed by atoms with Gasteiger partial charge in [0.25, 0.3) is 0 Å². The molecule has 0 spiro atoms. The van der Waals surface area contributed by atoms with Crippen LogP contribution >= 0.6 is 23.4 Å². The maximum Gasteiger partial charge on any atom is 0.166 e. The summed E-state index contributed by atoms with van der Waals surface area (Å²) in [6.07, 6.45) is 0.956. The highest BCUT2D eigenvalue weighted by Gasteiger charge is 2.22. The van der Waals surface area contributed by atoms with Crippen molar-refractivity contribution in [3.63, 3.8) is 0 Å². The molecule has 1 aromatic heterocycles. The van der Waals surface area contributed by atoms with E-state index in [1.54, 1.807) is 18.9 Å². The van der Waals surface area contributed by atoms with Crippen LogP contribution in [0.3, 0.4) is 0 Å². The van der Waals surface area contributed by atoms with E-state index in [2.05, 4.69) is 42.0 Å². The molecule has 1 aliphatic heterocycles. The maximum absolute atomic E-state index is 6.52. The number of piperazine rings is 1. The summed E-state index contributed by atoms with van der Waals surface area (Å²) in [6.45, 7) is 10.4. The number of imidazole rings is 1. The summed E-state index contributed by atoms with van der Waals surface area (Å²) in [4.78, 5) is 10.5. The van der Waals surface area contributed by atoms with Crippen molar-refractivity contribution in [2.24, 2.45) is 0 Å².